The van der Waals surface area contributed by atoms with Crippen molar-refractivity contribution in [3.63, 3.8) is 0 Å². The number of nitrogens with zero attached hydrogens (tertiary/aromatic N) is 2. The third kappa shape index (κ3) is 1.85. The minimum atomic E-state index is 0.681. The highest BCUT2D eigenvalue weighted by Gasteiger charge is 2.08. The normalized spacial score (nSPS) is 10.5. The lowest BCUT2D eigenvalue weighted by molar-refractivity contribution is 0.782. The molecule has 1 aromatic carbocycles. The zero-order valence-electron chi connectivity index (χ0n) is 8.77. The van der Waals surface area contributed by atoms with Crippen molar-refractivity contribution < 1.29 is 0 Å². The molecule has 0 saturated carbocycles. The van der Waals surface area contributed by atoms with Crippen LogP contribution in [0.15, 0.2) is 35.2 Å². The maximum absolute atomic E-state index is 5.76. The van der Waals surface area contributed by atoms with Gasteiger partial charge in [-0.1, -0.05) is 18.2 Å². The summed E-state index contributed by atoms with van der Waals surface area (Å²) in [6.07, 6.45) is 2.06. The summed E-state index contributed by atoms with van der Waals surface area (Å²) < 4.78 is 1.69. The number of hydrogen-bond donors (Lipinski definition) is 1. The highest BCUT2D eigenvalue weighted by Crippen LogP contribution is 2.29. The minimum Gasteiger partial charge on any atom is -0.384 e. The number of rotatable bonds is 2. The van der Waals surface area contributed by atoms with Gasteiger partial charge >= 0.3 is 0 Å². The van der Waals surface area contributed by atoms with Crippen LogP contribution in [0.5, 0.6) is 0 Å². The third-order valence-electron chi connectivity index (χ3n) is 2.30. The Labute approximate surface area is 93.3 Å². The van der Waals surface area contributed by atoms with Gasteiger partial charge in [0.15, 0.2) is 0 Å². The first kappa shape index (κ1) is 10.1. The van der Waals surface area contributed by atoms with Gasteiger partial charge in [-0.2, -0.15) is 5.10 Å². The average molecular weight is 219 g/mol. The van der Waals surface area contributed by atoms with Crippen LogP contribution in [-0.4, -0.2) is 16.0 Å². The van der Waals surface area contributed by atoms with E-state index >= 15 is 0 Å². The Morgan fingerprint density at radius 2 is 2.07 bits per heavy atom. The van der Waals surface area contributed by atoms with E-state index in [4.69, 9.17) is 5.73 Å². The summed E-state index contributed by atoms with van der Waals surface area (Å²) in [7, 11) is 1.85. The molecule has 0 unspecified atom stereocenters. The summed E-state index contributed by atoms with van der Waals surface area (Å²) >= 11 is 1.72. The second-order valence-electron chi connectivity index (χ2n) is 3.28. The van der Waals surface area contributed by atoms with E-state index in [2.05, 4.69) is 23.5 Å². The van der Waals surface area contributed by atoms with Crippen LogP contribution in [0.1, 0.15) is 0 Å². The molecule has 2 rings (SSSR count). The van der Waals surface area contributed by atoms with Crippen molar-refractivity contribution in [1.82, 2.24) is 9.78 Å². The highest BCUT2D eigenvalue weighted by molar-refractivity contribution is 7.98. The maximum atomic E-state index is 5.76. The molecular weight excluding hydrogens is 206 g/mol. The molecule has 0 amide bonds. The van der Waals surface area contributed by atoms with Crippen LogP contribution in [-0.2, 0) is 7.05 Å². The topological polar surface area (TPSA) is 43.8 Å². The molecule has 2 aromatic rings. The van der Waals surface area contributed by atoms with Crippen molar-refractivity contribution >= 4 is 17.6 Å². The minimum absolute atomic E-state index is 0.681. The van der Waals surface area contributed by atoms with E-state index in [1.54, 1.807) is 16.4 Å². The standard InChI is InChI=1S/C11H13N3S/c1-14-11(12)7-9(13-14)8-5-3-4-6-10(8)15-2/h3-7H,12H2,1-2H3. The number of anilines is 1. The molecular formula is C11H13N3S. The largest absolute Gasteiger partial charge is 0.384 e. The number of thioether (sulfide) groups is 1. The Morgan fingerprint density at radius 3 is 2.67 bits per heavy atom. The van der Waals surface area contributed by atoms with Gasteiger partial charge in [-0.05, 0) is 12.3 Å². The molecule has 0 fully saturated rings. The Balaban J connectivity index is 2.53. The van der Waals surface area contributed by atoms with Crippen LogP contribution in [0.25, 0.3) is 11.3 Å². The van der Waals surface area contributed by atoms with Gasteiger partial charge in [0.1, 0.15) is 5.82 Å². The summed E-state index contributed by atoms with van der Waals surface area (Å²) in [5.41, 5.74) is 7.83. The number of aryl methyl sites for hydroxylation is 1. The number of benzene rings is 1. The molecule has 15 heavy (non-hydrogen) atoms. The predicted molar refractivity (Wildman–Crippen MR) is 64.8 cm³/mol. The molecule has 1 aromatic heterocycles. The summed E-state index contributed by atoms with van der Waals surface area (Å²) in [5.74, 6) is 0.681. The highest BCUT2D eigenvalue weighted by atomic mass is 32.2. The fraction of sp³-hybridized carbons (Fsp3) is 0.182. The Hall–Kier alpha value is -1.42. The van der Waals surface area contributed by atoms with Crippen LogP contribution in [0.3, 0.4) is 0 Å². The lowest BCUT2D eigenvalue weighted by Gasteiger charge is -2.02. The number of nitrogen functional groups attached to an aromatic ring is 1. The van der Waals surface area contributed by atoms with Gasteiger partial charge in [0.05, 0.1) is 5.69 Å². The number of aromatic nitrogens is 2. The fourth-order valence-corrected chi connectivity index (χ4v) is 2.08. The van der Waals surface area contributed by atoms with Crippen molar-refractivity contribution in [2.24, 2.45) is 7.05 Å². The van der Waals surface area contributed by atoms with Crippen molar-refractivity contribution in [2.45, 2.75) is 4.90 Å². The second kappa shape index (κ2) is 3.98. The summed E-state index contributed by atoms with van der Waals surface area (Å²) in [4.78, 5) is 1.22. The average Bonchev–Trinajstić information content (AvgIpc) is 2.59. The van der Waals surface area contributed by atoms with Crippen molar-refractivity contribution in [3.05, 3.63) is 30.3 Å². The molecule has 78 valence electrons. The zero-order valence-corrected chi connectivity index (χ0v) is 9.58. The lowest BCUT2D eigenvalue weighted by Crippen LogP contribution is -1.96. The zero-order chi connectivity index (χ0) is 10.8. The third-order valence-corrected chi connectivity index (χ3v) is 3.09. The van der Waals surface area contributed by atoms with E-state index in [9.17, 15) is 0 Å². The first-order valence-electron chi connectivity index (χ1n) is 4.65. The smallest absolute Gasteiger partial charge is 0.121 e. The van der Waals surface area contributed by atoms with Crippen LogP contribution < -0.4 is 5.73 Å². The first-order chi connectivity index (χ1) is 7.22. The molecule has 2 N–H and O–H groups in total. The molecule has 0 aliphatic rings. The van der Waals surface area contributed by atoms with E-state index in [1.165, 1.54) is 4.90 Å². The molecule has 0 aliphatic heterocycles. The second-order valence-corrected chi connectivity index (χ2v) is 4.13. The van der Waals surface area contributed by atoms with Crippen LogP contribution in [0.4, 0.5) is 5.82 Å². The molecule has 0 bridgehead atoms. The summed E-state index contributed by atoms with van der Waals surface area (Å²) in [5, 5.41) is 4.37. The molecule has 0 saturated heterocycles. The van der Waals surface area contributed by atoms with Gasteiger partial charge in [-0.3, -0.25) is 4.68 Å². The fourth-order valence-electron chi connectivity index (χ4n) is 1.47. The van der Waals surface area contributed by atoms with Crippen LogP contribution in [0.2, 0.25) is 0 Å². The Bertz CT molecular complexity index is 457. The van der Waals surface area contributed by atoms with Gasteiger partial charge in [0.25, 0.3) is 0 Å². The quantitative estimate of drug-likeness (QED) is 0.789. The van der Waals surface area contributed by atoms with Gasteiger partial charge in [0, 0.05) is 23.6 Å². The van der Waals surface area contributed by atoms with Gasteiger partial charge in [0.2, 0.25) is 0 Å². The summed E-state index contributed by atoms with van der Waals surface area (Å²) in [6, 6.07) is 10.1. The first-order valence-corrected chi connectivity index (χ1v) is 5.87. The van der Waals surface area contributed by atoms with E-state index in [0.29, 0.717) is 5.82 Å². The van der Waals surface area contributed by atoms with Gasteiger partial charge < -0.3 is 5.73 Å². The molecule has 3 nitrogen and oxygen atoms in total. The van der Waals surface area contributed by atoms with Crippen LogP contribution >= 0.6 is 11.8 Å². The molecule has 0 spiro atoms. The van der Waals surface area contributed by atoms with E-state index in [0.717, 1.165) is 11.3 Å². The SMILES string of the molecule is CSc1ccccc1-c1cc(N)n(C)n1. The van der Waals surface area contributed by atoms with E-state index in [-0.39, 0.29) is 0 Å². The van der Waals surface area contributed by atoms with E-state index in [1.807, 2.05) is 25.2 Å². The van der Waals surface area contributed by atoms with Gasteiger partial charge in [-0.25, -0.2) is 0 Å². The van der Waals surface area contributed by atoms with Crippen molar-refractivity contribution in [2.75, 3.05) is 12.0 Å². The van der Waals surface area contributed by atoms with Crippen molar-refractivity contribution in [3.8, 4) is 11.3 Å². The maximum Gasteiger partial charge on any atom is 0.121 e. The van der Waals surface area contributed by atoms with Crippen molar-refractivity contribution in [1.29, 1.82) is 0 Å². The molecule has 0 radical (unpaired) electrons. The number of hydrogen-bond acceptors (Lipinski definition) is 3. The van der Waals surface area contributed by atoms with E-state index < -0.39 is 0 Å². The molecule has 1 heterocycles. The Morgan fingerprint density at radius 1 is 1.33 bits per heavy atom. The Kier molecular flexibility index (Phi) is 2.68. The summed E-state index contributed by atoms with van der Waals surface area (Å²) in [6.45, 7) is 0. The lowest BCUT2D eigenvalue weighted by atomic mass is 10.1. The molecule has 0 aliphatic carbocycles. The van der Waals surface area contributed by atoms with Gasteiger partial charge in [-0.15, -0.1) is 11.8 Å². The molecule has 4 heteroatoms. The molecule has 0 atom stereocenters. The van der Waals surface area contributed by atoms with Crippen LogP contribution in [0, 0.1) is 0 Å². The predicted octanol–water partition coefficient (Wildman–Crippen LogP) is 2.39. The monoisotopic (exact) mass is 219 g/mol. The number of nitrogens with two attached hydrogens (primary N) is 1.